The molecule has 0 saturated carbocycles. The van der Waals surface area contributed by atoms with E-state index in [0.29, 0.717) is 13.1 Å². The van der Waals surface area contributed by atoms with Crippen LogP contribution in [0.25, 0.3) is 10.9 Å². The van der Waals surface area contributed by atoms with Crippen LogP contribution in [0.15, 0.2) is 18.2 Å². The Morgan fingerprint density at radius 1 is 1.21 bits per heavy atom. The van der Waals surface area contributed by atoms with Crippen molar-refractivity contribution < 1.29 is 5.11 Å². The standard InChI is InChI=1S/C20H30N2O.ClH/c1-14-9-10-19-17(11-14)16-7-5-6-8-18(16)22(19)13-15(23)12-21-20(2,3)4;/h9-11,15,21,23H,5-8,12-13H2,1-4H3;1H. The second-order valence-corrected chi connectivity index (χ2v) is 8.05. The molecule has 1 aliphatic rings. The van der Waals surface area contributed by atoms with E-state index in [0.717, 1.165) is 6.42 Å². The van der Waals surface area contributed by atoms with E-state index in [2.05, 4.69) is 55.8 Å². The van der Waals surface area contributed by atoms with E-state index in [-0.39, 0.29) is 24.0 Å². The summed E-state index contributed by atoms with van der Waals surface area (Å²) >= 11 is 0. The van der Waals surface area contributed by atoms with E-state index in [1.165, 1.54) is 47.0 Å². The Labute approximate surface area is 151 Å². The van der Waals surface area contributed by atoms with Crippen LogP contribution in [-0.4, -0.2) is 27.9 Å². The summed E-state index contributed by atoms with van der Waals surface area (Å²) in [5, 5.41) is 15.3. The van der Waals surface area contributed by atoms with Crippen LogP contribution in [-0.2, 0) is 19.4 Å². The van der Waals surface area contributed by atoms with Gasteiger partial charge < -0.3 is 15.0 Å². The number of halogens is 1. The topological polar surface area (TPSA) is 37.2 Å². The number of aliphatic hydroxyl groups is 1. The number of β-amino-alcohol motifs (C(OH)–C–C–N with tert-alkyl or cyclic N) is 1. The summed E-state index contributed by atoms with van der Waals surface area (Å²) in [4.78, 5) is 0. The van der Waals surface area contributed by atoms with Gasteiger partial charge in [0, 0.05) is 28.7 Å². The average molecular weight is 351 g/mol. The van der Waals surface area contributed by atoms with E-state index in [1.54, 1.807) is 0 Å². The van der Waals surface area contributed by atoms with E-state index in [1.807, 2.05) is 0 Å². The minimum atomic E-state index is -0.364. The molecule has 3 nitrogen and oxygen atoms in total. The molecule has 24 heavy (non-hydrogen) atoms. The maximum absolute atomic E-state index is 10.5. The van der Waals surface area contributed by atoms with Gasteiger partial charge in [-0.2, -0.15) is 0 Å². The van der Waals surface area contributed by atoms with Crippen LogP contribution < -0.4 is 5.32 Å². The van der Waals surface area contributed by atoms with Crippen LogP contribution in [0.3, 0.4) is 0 Å². The Balaban J connectivity index is 0.00000208. The SMILES string of the molecule is Cc1ccc2c(c1)c1c(n2CC(O)CNC(C)(C)C)CCCC1.Cl. The summed E-state index contributed by atoms with van der Waals surface area (Å²) in [5.41, 5.74) is 5.61. The Morgan fingerprint density at radius 3 is 2.62 bits per heavy atom. The number of aryl methyl sites for hydroxylation is 2. The van der Waals surface area contributed by atoms with Crippen LogP contribution in [0.4, 0.5) is 0 Å². The highest BCUT2D eigenvalue weighted by Gasteiger charge is 2.22. The van der Waals surface area contributed by atoms with Gasteiger partial charge in [0.25, 0.3) is 0 Å². The number of hydrogen-bond donors (Lipinski definition) is 2. The van der Waals surface area contributed by atoms with Gasteiger partial charge in [0.2, 0.25) is 0 Å². The third-order valence-corrected chi connectivity index (χ3v) is 4.79. The highest BCUT2D eigenvalue weighted by atomic mass is 35.5. The monoisotopic (exact) mass is 350 g/mol. The van der Waals surface area contributed by atoms with Crippen LogP contribution in [0.2, 0.25) is 0 Å². The maximum Gasteiger partial charge on any atom is 0.0843 e. The smallest absolute Gasteiger partial charge is 0.0843 e. The first-order chi connectivity index (χ1) is 10.8. The molecule has 1 heterocycles. The molecule has 0 saturated heterocycles. The molecule has 1 unspecified atom stereocenters. The molecule has 0 aliphatic heterocycles. The molecule has 2 aromatic rings. The summed E-state index contributed by atoms with van der Waals surface area (Å²) < 4.78 is 2.37. The maximum atomic E-state index is 10.5. The van der Waals surface area contributed by atoms with Crippen molar-refractivity contribution in [2.45, 2.75) is 71.6 Å². The second-order valence-electron chi connectivity index (χ2n) is 8.05. The van der Waals surface area contributed by atoms with Crippen molar-refractivity contribution >= 4 is 23.3 Å². The molecule has 1 atom stereocenters. The van der Waals surface area contributed by atoms with Gasteiger partial charge in [0.1, 0.15) is 0 Å². The van der Waals surface area contributed by atoms with Crippen LogP contribution in [0.1, 0.15) is 50.4 Å². The predicted octanol–water partition coefficient (Wildman–Crippen LogP) is 4.00. The number of fused-ring (bicyclic) bond motifs is 3. The largest absolute Gasteiger partial charge is 0.390 e. The van der Waals surface area contributed by atoms with Crippen molar-refractivity contribution in [1.82, 2.24) is 9.88 Å². The molecule has 3 rings (SSSR count). The van der Waals surface area contributed by atoms with E-state index in [4.69, 9.17) is 0 Å². The molecule has 1 aliphatic carbocycles. The number of nitrogens with one attached hydrogen (secondary N) is 1. The van der Waals surface area contributed by atoms with Crippen molar-refractivity contribution in [1.29, 1.82) is 0 Å². The minimum Gasteiger partial charge on any atom is -0.390 e. The number of rotatable bonds is 4. The summed E-state index contributed by atoms with van der Waals surface area (Å²) in [6.45, 7) is 9.87. The molecule has 1 aromatic heterocycles. The van der Waals surface area contributed by atoms with Crippen molar-refractivity contribution in [3.05, 3.63) is 35.0 Å². The number of nitrogens with zero attached hydrogens (tertiary/aromatic N) is 1. The molecule has 0 radical (unpaired) electrons. The fourth-order valence-corrected chi connectivity index (χ4v) is 3.66. The molecule has 4 heteroatoms. The van der Waals surface area contributed by atoms with Crippen molar-refractivity contribution in [3.63, 3.8) is 0 Å². The zero-order valence-electron chi connectivity index (χ0n) is 15.4. The van der Waals surface area contributed by atoms with Crippen molar-refractivity contribution in [3.8, 4) is 0 Å². The first kappa shape index (κ1) is 19.3. The van der Waals surface area contributed by atoms with Gasteiger partial charge in [-0.3, -0.25) is 0 Å². The first-order valence-corrected chi connectivity index (χ1v) is 8.89. The third kappa shape index (κ3) is 4.14. The molecular formula is C20H31ClN2O. The van der Waals surface area contributed by atoms with Gasteiger partial charge in [-0.15, -0.1) is 12.4 Å². The van der Waals surface area contributed by atoms with Crippen molar-refractivity contribution in [2.24, 2.45) is 0 Å². The fraction of sp³-hybridized carbons (Fsp3) is 0.600. The number of aliphatic hydroxyl groups excluding tert-OH is 1. The van der Waals surface area contributed by atoms with Crippen LogP contribution in [0.5, 0.6) is 0 Å². The van der Waals surface area contributed by atoms with Crippen LogP contribution in [0, 0.1) is 6.92 Å². The van der Waals surface area contributed by atoms with Gasteiger partial charge in [-0.25, -0.2) is 0 Å². The molecule has 0 fully saturated rings. The Bertz CT molecular complexity index is 700. The molecule has 0 bridgehead atoms. The Kier molecular flexibility index (Phi) is 6.00. The van der Waals surface area contributed by atoms with Crippen molar-refractivity contribution in [2.75, 3.05) is 6.54 Å². The molecule has 2 N–H and O–H groups in total. The molecular weight excluding hydrogens is 320 g/mol. The summed E-state index contributed by atoms with van der Waals surface area (Å²) in [6, 6.07) is 6.73. The van der Waals surface area contributed by atoms with Gasteiger partial charge in [0.05, 0.1) is 12.6 Å². The third-order valence-electron chi connectivity index (χ3n) is 4.79. The second kappa shape index (κ2) is 7.47. The molecule has 0 amide bonds. The summed E-state index contributed by atoms with van der Waals surface area (Å²) in [7, 11) is 0. The normalized spacial score (nSPS) is 15.9. The first-order valence-electron chi connectivity index (χ1n) is 8.89. The van der Waals surface area contributed by atoms with E-state index >= 15 is 0 Å². The zero-order chi connectivity index (χ0) is 16.6. The molecule has 134 valence electrons. The lowest BCUT2D eigenvalue weighted by atomic mass is 9.95. The van der Waals surface area contributed by atoms with E-state index < -0.39 is 0 Å². The number of aromatic nitrogens is 1. The Hall–Kier alpha value is -1.03. The van der Waals surface area contributed by atoms with E-state index in [9.17, 15) is 5.11 Å². The lowest BCUT2D eigenvalue weighted by Crippen LogP contribution is -2.42. The zero-order valence-corrected chi connectivity index (χ0v) is 16.2. The summed E-state index contributed by atoms with van der Waals surface area (Å²) in [6.07, 6.45) is 4.51. The van der Waals surface area contributed by atoms with Gasteiger partial charge in [0.15, 0.2) is 0 Å². The highest BCUT2D eigenvalue weighted by molar-refractivity contribution is 5.86. The fourth-order valence-electron chi connectivity index (χ4n) is 3.66. The predicted molar refractivity (Wildman–Crippen MR) is 104 cm³/mol. The number of hydrogen-bond acceptors (Lipinski definition) is 2. The lowest BCUT2D eigenvalue weighted by Gasteiger charge is -2.24. The Morgan fingerprint density at radius 2 is 1.92 bits per heavy atom. The lowest BCUT2D eigenvalue weighted by molar-refractivity contribution is 0.142. The minimum absolute atomic E-state index is 0. The quantitative estimate of drug-likeness (QED) is 0.874. The van der Waals surface area contributed by atoms with Gasteiger partial charge in [-0.05, 0) is 71.1 Å². The number of benzene rings is 1. The average Bonchev–Trinajstić information content (AvgIpc) is 2.79. The van der Waals surface area contributed by atoms with Gasteiger partial charge in [-0.1, -0.05) is 11.6 Å². The highest BCUT2D eigenvalue weighted by Crippen LogP contribution is 2.33. The van der Waals surface area contributed by atoms with Gasteiger partial charge >= 0.3 is 0 Å². The van der Waals surface area contributed by atoms with Crippen LogP contribution >= 0.6 is 12.4 Å². The molecule has 1 aromatic carbocycles. The summed E-state index contributed by atoms with van der Waals surface area (Å²) in [5.74, 6) is 0. The molecule has 0 spiro atoms.